The largest absolute Gasteiger partial charge is 0.296 e. The van der Waals surface area contributed by atoms with Gasteiger partial charge in [-0.05, 0) is 49.7 Å². The zero-order valence-corrected chi connectivity index (χ0v) is 17.6. The Balaban J connectivity index is 1.77. The number of aromatic nitrogens is 4. The van der Waals surface area contributed by atoms with E-state index in [-0.39, 0.29) is 5.92 Å². The lowest BCUT2D eigenvalue weighted by molar-refractivity contribution is 0.132. The van der Waals surface area contributed by atoms with Crippen LogP contribution in [-0.4, -0.2) is 58.5 Å². The van der Waals surface area contributed by atoms with Gasteiger partial charge in [0.05, 0.1) is 12.9 Å². The van der Waals surface area contributed by atoms with E-state index in [1.807, 2.05) is 21.4 Å². The second-order valence-corrected chi connectivity index (χ2v) is 9.29. The van der Waals surface area contributed by atoms with Crippen LogP contribution in [0.3, 0.4) is 0 Å². The molecule has 152 valence electrons. The van der Waals surface area contributed by atoms with Gasteiger partial charge in [-0.25, -0.2) is 17.8 Å². The van der Waals surface area contributed by atoms with Crippen LogP contribution in [0.15, 0.2) is 37.2 Å². The lowest BCUT2D eigenvalue weighted by atomic mass is 9.99. The quantitative estimate of drug-likeness (QED) is 0.516. The molecule has 1 saturated heterocycles. The summed E-state index contributed by atoms with van der Waals surface area (Å²) in [6.07, 6.45) is 8.50. The molecule has 0 spiro atoms. The average molecular weight is 423 g/mol. The van der Waals surface area contributed by atoms with Crippen molar-refractivity contribution in [2.75, 3.05) is 25.9 Å². The SMILES string of the molecule is C=CCn1c(-c2ccncc2)nn(CN2CCCC(CNS(C)(=O)=O)C2)c1=S. The van der Waals surface area contributed by atoms with Crippen molar-refractivity contribution in [1.29, 1.82) is 0 Å². The Morgan fingerprint density at radius 1 is 1.39 bits per heavy atom. The molecular formula is C18H26N6O2S2. The molecule has 0 aromatic carbocycles. The first-order chi connectivity index (χ1) is 13.4. The fourth-order valence-corrected chi connectivity index (χ4v) is 4.24. The molecule has 1 aliphatic rings. The number of hydrogen-bond donors (Lipinski definition) is 1. The van der Waals surface area contributed by atoms with E-state index in [0.717, 1.165) is 37.3 Å². The monoisotopic (exact) mass is 422 g/mol. The molecule has 3 heterocycles. The van der Waals surface area contributed by atoms with Crippen molar-refractivity contribution < 1.29 is 8.42 Å². The van der Waals surface area contributed by atoms with Crippen LogP contribution >= 0.6 is 12.2 Å². The zero-order chi connectivity index (χ0) is 20.1. The molecule has 0 radical (unpaired) electrons. The Kier molecular flexibility index (Phi) is 6.76. The summed E-state index contributed by atoms with van der Waals surface area (Å²) in [4.78, 5) is 6.34. The van der Waals surface area contributed by atoms with Crippen molar-refractivity contribution in [3.8, 4) is 11.4 Å². The number of sulfonamides is 1. The Morgan fingerprint density at radius 3 is 2.82 bits per heavy atom. The smallest absolute Gasteiger partial charge is 0.208 e. The van der Waals surface area contributed by atoms with E-state index in [1.54, 1.807) is 18.5 Å². The maximum absolute atomic E-state index is 11.4. The van der Waals surface area contributed by atoms with Crippen LogP contribution in [0.2, 0.25) is 0 Å². The van der Waals surface area contributed by atoms with Gasteiger partial charge in [-0.15, -0.1) is 6.58 Å². The molecule has 0 bridgehead atoms. The third-order valence-electron chi connectivity index (χ3n) is 4.74. The predicted molar refractivity (Wildman–Crippen MR) is 112 cm³/mol. The Labute approximate surface area is 170 Å². The van der Waals surface area contributed by atoms with Crippen LogP contribution in [0.5, 0.6) is 0 Å². The lowest BCUT2D eigenvalue weighted by Gasteiger charge is -2.32. The highest BCUT2D eigenvalue weighted by molar-refractivity contribution is 7.88. The molecule has 1 fully saturated rings. The van der Waals surface area contributed by atoms with Crippen LogP contribution in [-0.2, 0) is 23.2 Å². The number of nitrogens with one attached hydrogen (secondary N) is 1. The number of piperidine rings is 1. The van der Waals surface area contributed by atoms with E-state index in [4.69, 9.17) is 17.3 Å². The van der Waals surface area contributed by atoms with Gasteiger partial charge in [-0.3, -0.25) is 14.5 Å². The highest BCUT2D eigenvalue weighted by atomic mass is 32.2. The second-order valence-electron chi connectivity index (χ2n) is 7.09. The van der Waals surface area contributed by atoms with Gasteiger partial charge in [-0.1, -0.05) is 6.08 Å². The third kappa shape index (κ3) is 5.34. The molecule has 1 atom stereocenters. The topological polar surface area (TPSA) is 85.1 Å². The van der Waals surface area contributed by atoms with Crippen LogP contribution in [0, 0.1) is 10.7 Å². The van der Waals surface area contributed by atoms with E-state index in [0.29, 0.717) is 24.5 Å². The van der Waals surface area contributed by atoms with E-state index < -0.39 is 10.0 Å². The summed E-state index contributed by atoms with van der Waals surface area (Å²) < 4.78 is 29.8. The Bertz CT molecular complexity index is 968. The van der Waals surface area contributed by atoms with Crippen molar-refractivity contribution in [2.24, 2.45) is 5.92 Å². The minimum Gasteiger partial charge on any atom is -0.296 e. The van der Waals surface area contributed by atoms with Crippen molar-refractivity contribution in [2.45, 2.75) is 26.1 Å². The first-order valence-electron chi connectivity index (χ1n) is 9.23. The molecule has 1 aliphatic heterocycles. The molecule has 1 N–H and O–H groups in total. The number of allylic oxidation sites excluding steroid dienone is 1. The maximum atomic E-state index is 11.4. The van der Waals surface area contributed by atoms with E-state index >= 15 is 0 Å². The van der Waals surface area contributed by atoms with Gasteiger partial charge in [0.2, 0.25) is 10.0 Å². The second kappa shape index (κ2) is 9.08. The molecule has 0 aliphatic carbocycles. The van der Waals surface area contributed by atoms with E-state index in [9.17, 15) is 8.42 Å². The van der Waals surface area contributed by atoms with Crippen molar-refractivity contribution in [3.63, 3.8) is 0 Å². The van der Waals surface area contributed by atoms with E-state index in [1.165, 1.54) is 6.26 Å². The Morgan fingerprint density at radius 2 is 2.14 bits per heavy atom. The first-order valence-corrected chi connectivity index (χ1v) is 11.5. The van der Waals surface area contributed by atoms with Crippen molar-refractivity contribution in [3.05, 3.63) is 42.0 Å². The zero-order valence-electron chi connectivity index (χ0n) is 16.0. The molecule has 0 amide bonds. The van der Waals surface area contributed by atoms with E-state index in [2.05, 4.69) is 21.2 Å². The molecular weight excluding hydrogens is 396 g/mol. The number of rotatable bonds is 8. The number of pyridine rings is 1. The highest BCUT2D eigenvalue weighted by Gasteiger charge is 2.22. The number of likely N-dealkylation sites (tertiary alicyclic amines) is 1. The van der Waals surface area contributed by atoms with Crippen molar-refractivity contribution >= 4 is 22.2 Å². The van der Waals surface area contributed by atoms with Gasteiger partial charge in [0.15, 0.2) is 10.6 Å². The van der Waals surface area contributed by atoms with Gasteiger partial charge >= 0.3 is 0 Å². The normalized spacial score (nSPS) is 18.2. The molecule has 3 rings (SSSR count). The van der Waals surface area contributed by atoms with Crippen LogP contribution in [0.4, 0.5) is 0 Å². The molecule has 0 saturated carbocycles. The maximum Gasteiger partial charge on any atom is 0.208 e. The average Bonchev–Trinajstić information content (AvgIpc) is 2.97. The van der Waals surface area contributed by atoms with Crippen LogP contribution in [0.25, 0.3) is 11.4 Å². The molecule has 28 heavy (non-hydrogen) atoms. The van der Waals surface area contributed by atoms with Gasteiger partial charge in [0.25, 0.3) is 0 Å². The number of nitrogens with zero attached hydrogens (tertiary/aromatic N) is 5. The molecule has 1 unspecified atom stereocenters. The fraction of sp³-hybridized carbons (Fsp3) is 0.500. The van der Waals surface area contributed by atoms with Crippen LogP contribution in [0.1, 0.15) is 12.8 Å². The van der Waals surface area contributed by atoms with Gasteiger partial charge in [-0.2, -0.15) is 5.10 Å². The molecule has 2 aromatic heterocycles. The standard InChI is InChI=1S/C18H26N6O2S2/c1-3-10-23-17(16-6-8-19-9-7-16)21-24(18(23)27)14-22-11-4-5-15(13-22)12-20-28(2,25)26/h3,6-9,15,20H,1,4-5,10-14H2,2H3. The van der Waals surface area contributed by atoms with Gasteiger partial charge in [0, 0.05) is 37.6 Å². The molecule has 10 heteroatoms. The third-order valence-corrected chi connectivity index (χ3v) is 5.87. The summed E-state index contributed by atoms with van der Waals surface area (Å²) in [5, 5.41) is 4.75. The summed E-state index contributed by atoms with van der Waals surface area (Å²) in [6.45, 7) is 7.20. The van der Waals surface area contributed by atoms with Gasteiger partial charge < -0.3 is 0 Å². The fourth-order valence-electron chi connectivity index (χ4n) is 3.45. The van der Waals surface area contributed by atoms with Gasteiger partial charge in [0.1, 0.15) is 0 Å². The minimum absolute atomic E-state index is 0.285. The summed E-state index contributed by atoms with van der Waals surface area (Å²) in [5.74, 6) is 1.08. The molecule has 2 aromatic rings. The highest BCUT2D eigenvalue weighted by Crippen LogP contribution is 2.20. The molecule has 8 nitrogen and oxygen atoms in total. The predicted octanol–water partition coefficient (Wildman–Crippen LogP) is 1.88. The minimum atomic E-state index is -3.17. The first kappa shape index (κ1) is 20.8. The van der Waals surface area contributed by atoms with Crippen molar-refractivity contribution in [1.82, 2.24) is 29.0 Å². The Hall–Kier alpha value is -1.88. The van der Waals surface area contributed by atoms with Crippen LogP contribution < -0.4 is 4.72 Å². The summed E-state index contributed by atoms with van der Waals surface area (Å²) in [6, 6.07) is 3.82. The summed E-state index contributed by atoms with van der Waals surface area (Å²) in [5.41, 5.74) is 0.954. The number of hydrogen-bond acceptors (Lipinski definition) is 6. The lowest BCUT2D eigenvalue weighted by Crippen LogP contribution is -2.41. The summed E-state index contributed by atoms with van der Waals surface area (Å²) >= 11 is 5.66. The summed E-state index contributed by atoms with van der Waals surface area (Å²) in [7, 11) is -3.17.